The fourth-order valence-corrected chi connectivity index (χ4v) is 2.56. The van der Waals surface area contributed by atoms with E-state index in [1.807, 2.05) is 0 Å². The van der Waals surface area contributed by atoms with Crippen LogP contribution in [0.2, 0.25) is 0 Å². The van der Waals surface area contributed by atoms with Crippen LogP contribution in [0.15, 0.2) is 0 Å². The van der Waals surface area contributed by atoms with Crippen LogP contribution >= 0.6 is 0 Å². The predicted molar refractivity (Wildman–Crippen MR) is 74.0 cm³/mol. The number of carboxylic acid groups (broad SMARTS) is 1. The minimum atomic E-state index is -0.883. The second-order valence-electron chi connectivity index (χ2n) is 5.62. The van der Waals surface area contributed by atoms with Crippen LogP contribution in [0.1, 0.15) is 46.0 Å². The summed E-state index contributed by atoms with van der Waals surface area (Å²) >= 11 is 0. The topological polar surface area (TPSA) is 69.6 Å². The van der Waals surface area contributed by atoms with E-state index in [9.17, 15) is 9.59 Å². The highest BCUT2D eigenvalue weighted by atomic mass is 16.4. The maximum absolute atomic E-state index is 11.9. The van der Waals surface area contributed by atoms with Gasteiger partial charge in [-0.3, -0.25) is 4.79 Å². The molecule has 0 aliphatic heterocycles. The number of amides is 2. The molecule has 5 heteroatoms. The molecule has 1 saturated carbocycles. The Labute approximate surface area is 115 Å². The van der Waals surface area contributed by atoms with Crippen LogP contribution in [-0.2, 0) is 4.79 Å². The summed E-state index contributed by atoms with van der Waals surface area (Å²) in [7, 11) is 1.80. The lowest BCUT2D eigenvalue weighted by molar-refractivity contribution is -0.140. The summed E-state index contributed by atoms with van der Waals surface area (Å²) in [5.41, 5.74) is 0. The number of rotatable bonds is 5. The first-order valence-corrected chi connectivity index (χ1v) is 7.19. The number of carboxylic acids is 1. The van der Waals surface area contributed by atoms with E-state index >= 15 is 0 Å². The van der Waals surface area contributed by atoms with Gasteiger partial charge in [-0.05, 0) is 31.6 Å². The standard InChI is InChI=1S/C14H26N2O3/c1-4-11-5-7-12(8-6-11)16(3)14(19)15-9-10(2)13(17)18/h10-12H,4-9H2,1-3H3,(H,15,19)(H,17,18). The molecular weight excluding hydrogens is 244 g/mol. The largest absolute Gasteiger partial charge is 0.481 e. The summed E-state index contributed by atoms with van der Waals surface area (Å²) in [5.74, 6) is -0.626. The maximum Gasteiger partial charge on any atom is 0.317 e. The Kier molecular flexibility index (Phi) is 6.12. The molecule has 0 aromatic carbocycles. The Bertz CT molecular complexity index is 312. The van der Waals surface area contributed by atoms with Gasteiger partial charge >= 0.3 is 12.0 Å². The maximum atomic E-state index is 11.9. The lowest BCUT2D eigenvalue weighted by Crippen LogP contribution is -2.46. The third-order valence-corrected chi connectivity index (χ3v) is 4.24. The molecule has 110 valence electrons. The van der Waals surface area contributed by atoms with Crippen molar-refractivity contribution in [3.8, 4) is 0 Å². The highest BCUT2D eigenvalue weighted by Crippen LogP contribution is 2.28. The van der Waals surface area contributed by atoms with Crippen LogP contribution in [0.25, 0.3) is 0 Å². The van der Waals surface area contributed by atoms with Gasteiger partial charge in [-0.2, -0.15) is 0 Å². The molecule has 0 saturated heterocycles. The summed E-state index contributed by atoms with van der Waals surface area (Å²) in [5, 5.41) is 11.5. The van der Waals surface area contributed by atoms with E-state index in [-0.39, 0.29) is 12.6 Å². The van der Waals surface area contributed by atoms with Gasteiger partial charge in [0.2, 0.25) is 0 Å². The number of hydrogen-bond donors (Lipinski definition) is 2. The number of urea groups is 1. The van der Waals surface area contributed by atoms with Crippen molar-refractivity contribution in [1.29, 1.82) is 0 Å². The van der Waals surface area contributed by atoms with Crippen molar-refractivity contribution in [3.05, 3.63) is 0 Å². The van der Waals surface area contributed by atoms with Crippen molar-refractivity contribution < 1.29 is 14.7 Å². The molecule has 0 bridgehead atoms. The van der Waals surface area contributed by atoms with Crippen molar-refractivity contribution in [3.63, 3.8) is 0 Å². The summed E-state index contributed by atoms with van der Waals surface area (Å²) in [4.78, 5) is 24.4. The third kappa shape index (κ3) is 4.73. The van der Waals surface area contributed by atoms with Gasteiger partial charge in [0.25, 0.3) is 0 Å². The average molecular weight is 270 g/mol. The fraction of sp³-hybridized carbons (Fsp3) is 0.857. The van der Waals surface area contributed by atoms with Crippen molar-refractivity contribution in [2.45, 2.75) is 52.0 Å². The molecule has 5 nitrogen and oxygen atoms in total. The van der Waals surface area contributed by atoms with E-state index in [4.69, 9.17) is 5.11 Å². The highest BCUT2D eigenvalue weighted by molar-refractivity contribution is 5.75. The molecular formula is C14H26N2O3. The molecule has 1 fully saturated rings. The van der Waals surface area contributed by atoms with Crippen molar-refractivity contribution >= 4 is 12.0 Å². The molecule has 0 spiro atoms. The first-order chi connectivity index (χ1) is 8.95. The second-order valence-corrected chi connectivity index (χ2v) is 5.62. The highest BCUT2D eigenvalue weighted by Gasteiger charge is 2.26. The van der Waals surface area contributed by atoms with Crippen molar-refractivity contribution in [1.82, 2.24) is 10.2 Å². The number of nitrogens with one attached hydrogen (secondary N) is 1. The lowest BCUT2D eigenvalue weighted by atomic mass is 9.84. The SMILES string of the molecule is CCC1CCC(N(C)C(=O)NCC(C)C(=O)O)CC1. The number of carbonyl (C=O) groups excluding carboxylic acids is 1. The van der Waals surface area contributed by atoms with Gasteiger partial charge in [0.15, 0.2) is 0 Å². The van der Waals surface area contributed by atoms with E-state index in [0.29, 0.717) is 6.04 Å². The Morgan fingerprint density at radius 1 is 1.32 bits per heavy atom. The molecule has 1 aliphatic rings. The molecule has 1 rings (SSSR count). The molecule has 1 unspecified atom stereocenters. The van der Waals surface area contributed by atoms with E-state index in [1.54, 1.807) is 18.9 Å². The first kappa shape index (κ1) is 15.8. The van der Waals surface area contributed by atoms with E-state index < -0.39 is 11.9 Å². The Hall–Kier alpha value is -1.26. The smallest absolute Gasteiger partial charge is 0.317 e. The Balaban J connectivity index is 2.34. The molecule has 1 aliphatic carbocycles. The molecule has 2 amide bonds. The van der Waals surface area contributed by atoms with E-state index in [2.05, 4.69) is 12.2 Å². The van der Waals surface area contributed by atoms with E-state index in [0.717, 1.165) is 18.8 Å². The third-order valence-electron chi connectivity index (χ3n) is 4.24. The second kappa shape index (κ2) is 7.36. The van der Waals surface area contributed by atoms with Gasteiger partial charge in [-0.25, -0.2) is 4.79 Å². The van der Waals surface area contributed by atoms with Crippen LogP contribution in [0.3, 0.4) is 0 Å². The van der Waals surface area contributed by atoms with Crippen LogP contribution in [0.4, 0.5) is 4.79 Å². The molecule has 0 aromatic rings. The van der Waals surface area contributed by atoms with Crippen LogP contribution in [0, 0.1) is 11.8 Å². The van der Waals surface area contributed by atoms with Crippen molar-refractivity contribution in [2.24, 2.45) is 11.8 Å². The summed E-state index contributed by atoms with van der Waals surface area (Å²) in [6.07, 6.45) is 5.70. The number of carbonyl (C=O) groups is 2. The van der Waals surface area contributed by atoms with Gasteiger partial charge < -0.3 is 15.3 Å². The zero-order valence-corrected chi connectivity index (χ0v) is 12.2. The lowest BCUT2D eigenvalue weighted by Gasteiger charge is -2.34. The normalized spacial score (nSPS) is 24.6. The number of nitrogens with zero attached hydrogens (tertiary/aromatic N) is 1. The van der Waals surface area contributed by atoms with Crippen LogP contribution < -0.4 is 5.32 Å². The van der Waals surface area contributed by atoms with Crippen LogP contribution in [0.5, 0.6) is 0 Å². The van der Waals surface area contributed by atoms with Gasteiger partial charge in [0, 0.05) is 19.6 Å². The van der Waals surface area contributed by atoms with Gasteiger partial charge in [0.1, 0.15) is 0 Å². The zero-order chi connectivity index (χ0) is 14.4. The number of aliphatic carboxylic acids is 1. The van der Waals surface area contributed by atoms with E-state index in [1.165, 1.54) is 19.3 Å². The van der Waals surface area contributed by atoms with Gasteiger partial charge in [-0.1, -0.05) is 20.3 Å². The molecule has 2 N–H and O–H groups in total. The first-order valence-electron chi connectivity index (χ1n) is 7.19. The van der Waals surface area contributed by atoms with Crippen molar-refractivity contribution in [2.75, 3.05) is 13.6 Å². The average Bonchev–Trinajstić information content (AvgIpc) is 2.43. The minimum absolute atomic E-state index is 0.159. The molecule has 1 atom stereocenters. The summed E-state index contributed by atoms with van der Waals surface area (Å²) in [6, 6.07) is 0.135. The minimum Gasteiger partial charge on any atom is -0.481 e. The monoisotopic (exact) mass is 270 g/mol. The van der Waals surface area contributed by atoms with Gasteiger partial charge in [0.05, 0.1) is 5.92 Å². The Morgan fingerprint density at radius 2 is 1.89 bits per heavy atom. The Morgan fingerprint density at radius 3 is 2.37 bits per heavy atom. The number of hydrogen-bond acceptors (Lipinski definition) is 2. The molecule has 0 radical (unpaired) electrons. The zero-order valence-electron chi connectivity index (χ0n) is 12.2. The van der Waals surface area contributed by atoms with Crippen LogP contribution in [-0.4, -0.2) is 41.6 Å². The molecule has 0 heterocycles. The summed E-state index contributed by atoms with van der Waals surface area (Å²) in [6.45, 7) is 3.99. The fourth-order valence-electron chi connectivity index (χ4n) is 2.56. The van der Waals surface area contributed by atoms with Gasteiger partial charge in [-0.15, -0.1) is 0 Å². The molecule has 0 aromatic heterocycles. The molecule has 19 heavy (non-hydrogen) atoms. The summed E-state index contributed by atoms with van der Waals surface area (Å²) < 4.78 is 0. The quantitative estimate of drug-likeness (QED) is 0.805. The predicted octanol–water partition coefficient (Wildman–Crippen LogP) is 2.32.